The van der Waals surface area contributed by atoms with Gasteiger partial charge in [0.2, 0.25) is 5.43 Å². The molecule has 2 atom stereocenters. The third-order valence-corrected chi connectivity index (χ3v) is 7.63. The van der Waals surface area contributed by atoms with Gasteiger partial charge in [-0.15, -0.1) is 0 Å². The zero-order chi connectivity index (χ0) is 29.6. The van der Waals surface area contributed by atoms with E-state index in [0.29, 0.717) is 43.9 Å². The first kappa shape index (κ1) is 35.6. The number of amides is 1. The Balaban J connectivity index is 0.00000225. The van der Waals surface area contributed by atoms with E-state index >= 15 is 8.78 Å². The zero-order valence-electron chi connectivity index (χ0n) is 23.3. The van der Waals surface area contributed by atoms with Gasteiger partial charge in [-0.1, -0.05) is 0 Å². The number of nitrogens with two attached hydrogens (primary N) is 1. The molecule has 2 aliphatic rings. The number of rotatable bonds is 7. The fourth-order valence-corrected chi connectivity index (χ4v) is 5.31. The average Bonchev–Trinajstić information content (AvgIpc) is 3.34. The van der Waals surface area contributed by atoms with Crippen molar-refractivity contribution in [2.75, 3.05) is 47.4 Å². The number of carbonyl (C=O) groups excluding carboxylic acids is 2. The topological polar surface area (TPSA) is 138 Å². The first-order chi connectivity index (χ1) is 19.5. The number of halogens is 4. The van der Waals surface area contributed by atoms with Gasteiger partial charge in [-0.2, -0.15) is 0 Å². The van der Waals surface area contributed by atoms with Crippen molar-refractivity contribution in [3.63, 3.8) is 0 Å². The molecule has 2 aliphatic heterocycles. The lowest BCUT2D eigenvalue weighted by Gasteiger charge is -2.37. The lowest BCUT2D eigenvalue weighted by Crippen LogP contribution is -2.47. The van der Waals surface area contributed by atoms with E-state index in [2.05, 4.69) is 0 Å². The van der Waals surface area contributed by atoms with Crippen LogP contribution in [-0.4, -0.2) is 80.8 Å². The van der Waals surface area contributed by atoms with Crippen molar-refractivity contribution in [2.24, 2.45) is 5.73 Å². The van der Waals surface area contributed by atoms with Gasteiger partial charge in [0.1, 0.15) is 35.1 Å². The number of ketones is 1. The van der Waals surface area contributed by atoms with E-state index in [9.17, 15) is 24.3 Å². The Labute approximate surface area is 251 Å². The molecule has 1 aromatic heterocycles. The van der Waals surface area contributed by atoms with Crippen LogP contribution in [0.4, 0.5) is 40.0 Å². The highest BCUT2D eigenvalue weighted by atomic mass is 19.1. The maximum atomic E-state index is 15.2. The van der Waals surface area contributed by atoms with Gasteiger partial charge in [-0.3, -0.25) is 23.9 Å². The summed E-state index contributed by atoms with van der Waals surface area (Å²) in [6, 6.07) is 6.03. The van der Waals surface area contributed by atoms with Crippen LogP contribution in [0.2, 0.25) is 0 Å². The second kappa shape index (κ2) is 13.8. The molecule has 0 radical (unpaired) electrons. The summed E-state index contributed by atoms with van der Waals surface area (Å²) in [6.07, 6.45) is -0.270. The number of aromatic carboxylic acids is 1. The quantitative estimate of drug-likeness (QED) is 0.298. The zero-order valence-corrected chi connectivity index (χ0v) is 23.3. The highest BCUT2D eigenvalue weighted by Crippen LogP contribution is 2.31. The van der Waals surface area contributed by atoms with E-state index in [0.717, 1.165) is 6.07 Å². The Bertz CT molecular complexity index is 1630. The summed E-state index contributed by atoms with van der Waals surface area (Å²) >= 11 is 0. The molecule has 2 fully saturated rings. The molecule has 0 spiro atoms. The van der Waals surface area contributed by atoms with E-state index in [1.54, 1.807) is 34.6 Å². The van der Waals surface area contributed by atoms with Crippen LogP contribution >= 0.6 is 0 Å². The number of hydrogen-bond donors (Lipinski definition) is 2. The number of benzene rings is 2. The van der Waals surface area contributed by atoms with Crippen molar-refractivity contribution in [2.45, 2.75) is 32.5 Å². The number of ether oxygens (including phenoxy) is 1. The molecular formula is C28H34BF4N5O6. The number of piperazine rings is 1. The SMILES string of the molecule is B.CCn1cc(C(=O)O)c(=O)c2cc(F)c(N3CCN(c4ccc(N5CC([C@H](N)C(C)=O)OC5=O)cc4F)CC3)cc21.F.F. The molecule has 2 saturated heterocycles. The van der Waals surface area contributed by atoms with Crippen molar-refractivity contribution in [1.82, 2.24) is 4.57 Å². The molecule has 0 saturated carbocycles. The van der Waals surface area contributed by atoms with E-state index < -0.39 is 46.8 Å². The Morgan fingerprint density at radius 3 is 2.16 bits per heavy atom. The van der Waals surface area contributed by atoms with Crippen LogP contribution in [0.1, 0.15) is 24.2 Å². The summed E-state index contributed by atoms with van der Waals surface area (Å²) in [7, 11) is 0. The van der Waals surface area contributed by atoms with Gasteiger partial charge in [-0.05, 0) is 44.2 Å². The number of carbonyl (C=O) groups is 3. The fourth-order valence-electron chi connectivity index (χ4n) is 5.31. The Hall–Kier alpha value is -4.60. The van der Waals surface area contributed by atoms with Crippen LogP contribution in [0.25, 0.3) is 10.9 Å². The molecule has 2 aromatic carbocycles. The van der Waals surface area contributed by atoms with Crippen molar-refractivity contribution in [3.8, 4) is 0 Å². The average molecular weight is 623 g/mol. The molecule has 3 N–H and O–H groups in total. The second-order valence-electron chi connectivity index (χ2n) is 10.1. The number of nitrogens with zero attached hydrogens (tertiary/aromatic N) is 4. The van der Waals surface area contributed by atoms with Gasteiger partial charge in [0.25, 0.3) is 0 Å². The molecule has 1 amide bonds. The second-order valence-corrected chi connectivity index (χ2v) is 10.1. The molecule has 1 unspecified atom stereocenters. The number of cyclic esters (lactones) is 1. The van der Waals surface area contributed by atoms with Crippen molar-refractivity contribution >= 4 is 54.2 Å². The van der Waals surface area contributed by atoms with Crippen LogP contribution < -0.4 is 25.9 Å². The predicted octanol–water partition coefficient (Wildman–Crippen LogP) is 1.69. The minimum atomic E-state index is -1.37. The largest absolute Gasteiger partial charge is 0.477 e. The minimum Gasteiger partial charge on any atom is -0.477 e. The highest BCUT2D eigenvalue weighted by Gasteiger charge is 2.38. The van der Waals surface area contributed by atoms with E-state index in [1.165, 1.54) is 24.1 Å². The predicted molar refractivity (Wildman–Crippen MR) is 163 cm³/mol. The molecule has 3 heterocycles. The Morgan fingerprint density at radius 2 is 1.61 bits per heavy atom. The monoisotopic (exact) mass is 623 g/mol. The number of hydrogen-bond acceptors (Lipinski definition) is 8. The molecule has 0 aliphatic carbocycles. The van der Waals surface area contributed by atoms with E-state index in [-0.39, 0.29) is 46.9 Å². The summed E-state index contributed by atoms with van der Waals surface area (Å²) in [4.78, 5) is 52.8. The summed E-state index contributed by atoms with van der Waals surface area (Å²) in [5.74, 6) is -2.90. The lowest BCUT2D eigenvalue weighted by atomic mass is 10.1. The van der Waals surface area contributed by atoms with Gasteiger partial charge in [0.05, 0.1) is 37.5 Å². The molecule has 3 aromatic rings. The van der Waals surface area contributed by atoms with Crippen LogP contribution in [0.5, 0.6) is 0 Å². The summed E-state index contributed by atoms with van der Waals surface area (Å²) < 4.78 is 37.2. The maximum Gasteiger partial charge on any atom is 0.414 e. The number of pyridine rings is 1. The van der Waals surface area contributed by atoms with Crippen molar-refractivity contribution in [1.29, 1.82) is 0 Å². The molecule has 16 heteroatoms. The number of fused-ring (bicyclic) bond motifs is 1. The molecule has 44 heavy (non-hydrogen) atoms. The van der Waals surface area contributed by atoms with Gasteiger partial charge in [0.15, 0.2) is 0 Å². The third kappa shape index (κ3) is 6.34. The number of Topliss-reactive ketones (excluding diaryl/α,β-unsaturated/α-hetero) is 1. The lowest BCUT2D eigenvalue weighted by molar-refractivity contribution is -0.120. The van der Waals surface area contributed by atoms with E-state index in [4.69, 9.17) is 10.5 Å². The Kier molecular flexibility index (Phi) is 11.2. The molecule has 5 rings (SSSR count). The summed E-state index contributed by atoms with van der Waals surface area (Å²) in [6.45, 7) is 4.96. The van der Waals surface area contributed by atoms with E-state index in [1.807, 2.05) is 4.90 Å². The molecule has 238 valence electrons. The van der Waals surface area contributed by atoms with Gasteiger partial charge < -0.3 is 29.9 Å². The van der Waals surface area contributed by atoms with Crippen LogP contribution in [0, 0.1) is 11.6 Å². The first-order valence-electron chi connectivity index (χ1n) is 13.1. The van der Waals surface area contributed by atoms with Crippen molar-refractivity contribution in [3.05, 3.63) is 63.9 Å². The molecular weight excluding hydrogens is 589 g/mol. The highest BCUT2D eigenvalue weighted by molar-refractivity contribution is 5.94. The summed E-state index contributed by atoms with van der Waals surface area (Å²) in [5, 5.41) is 9.35. The number of carboxylic acid groups (broad SMARTS) is 1. The first-order valence-corrected chi connectivity index (χ1v) is 13.1. The maximum absolute atomic E-state index is 15.2. The number of aryl methyl sites for hydroxylation is 1. The van der Waals surface area contributed by atoms with Crippen molar-refractivity contribution < 1.29 is 42.4 Å². The molecule has 0 bridgehead atoms. The Morgan fingerprint density at radius 1 is 1.02 bits per heavy atom. The number of anilines is 3. The summed E-state index contributed by atoms with van der Waals surface area (Å²) in [5.41, 5.74) is 5.93. The third-order valence-electron chi connectivity index (χ3n) is 7.63. The van der Waals surface area contributed by atoms with Gasteiger partial charge >= 0.3 is 12.1 Å². The standard InChI is InChI=1S/C28H29F2N5O6.BH3.2FH/c1-3-32-13-18(27(38)39)26(37)17-11-20(30)23(12-22(17)32)34-8-6-33(7-9-34)21-5-4-16(10-19(21)29)35-14-24(41-28(35)40)25(31)15(2)36;;;/h4-5,10-13,24-25H,3,6-9,14,31H2,1-2H3,(H,38,39);1H3;2*1H/t24?,25-;;;/m1.../s1. The normalized spacial score (nSPS) is 16.9. The molecule has 11 nitrogen and oxygen atoms in total. The van der Waals surface area contributed by atoms with Crippen LogP contribution in [-0.2, 0) is 16.1 Å². The van der Waals surface area contributed by atoms with Crippen LogP contribution in [0.3, 0.4) is 0 Å². The minimum absolute atomic E-state index is 0. The van der Waals surface area contributed by atoms with Gasteiger partial charge in [-0.25, -0.2) is 18.4 Å². The smallest absolute Gasteiger partial charge is 0.414 e. The number of carboxylic acids is 1. The number of aromatic nitrogens is 1. The fraction of sp³-hybridized carbons (Fsp3) is 0.357. The van der Waals surface area contributed by atoms with Crippen LogP contribution in [0.15, 0.2) is 41.3 Å². The van der Waals surface area contributed by atoms with Gasteiger partial charge in [0, 0.05) is 44.3 Å².